The molecule has 1 atom stereocenters. The third kappa shape index (κ3) is 2.37. The van der Waals surface area contributed by atoms with Crippen molar-refractivity contribution in [2.45, 2.75) is 40.1 Å². The molecule has 0 spiro atoms. The summed E-state index contributed by atoms with van der Waals surface area (Å²) in [5, 5.41) is 0. The van der Waals surface area contributed by atoms with Crippen LogP contribution in [0.15, 0.2) is 12.3 Å². The highest BCUT2D eigenvalue weighted by Crippen LogP contribution is 2.22. The Hall–Kier alpha value is -1.09. The first kappa shape index (κ1) is 13.3. The van der Waals surface area contributed by atoms with E-state index >= 15 is 0 Å². The summed E-state index contributed by atoms with van der Waals surface area (Å²) in [4.78, 5) is 9.08. The Kier molecular flexibility index (Phi) is 3.91. The normalized spacial score (nSPS) is 13.4. The highest BCUT2D eigenvalue weighted by molar-refractivity contribution is 6.16. The van der Waals surface area contributed by atoms with Crippen molar-refractivity contribution in [1.29, 1.82) is 0 Å². The van der Waals surface area contributed by atoms with Gasteiger partial charge in [-0.25, -0.2) is 9.97 Å². The van der Waals surface area contributed by atoms with Gasteiger partial charge in [-0.1, -0.05) is 20.8 Å². The van der Waals surface area contributed by atoms with E-state index in [1.807, 2.05) is 12.3 Å². The molecule has 0 N–H and O–H groups in total. The predicted molar refractivity (Wildman–Crippen MR) is 75.8 cm³/mol. The number of pyridine rings is 1. The average molecular weight is 266 g/mol. The molecule has 0 saturated heterocycles. The standard InChI is InChI=1S/C14H20ClN3/c1-9(2)11(4)8-18-12(7-15)17-13-10(3)5-6-16-14(13)18/h5-6,9,11H,7-8H2,1-4H3. The van der Waals surface area contributed by atoms with Crippen molar-refractivity contribution in [3.8, 4) is 0 Å². The lowest BCUT2D eigenvalue weighted by Crippen LogP contribution is -2.15. The highest BCUT2D eigenvalue weighted by Gasteiger charge is 2.16. The highest BCUT2D eigenvalue weighted by atomic mass is 35.5. The number of rotatable bonds is 4. The monoisotopic (exact) mass is 265 g/mol. The zero-order valence-electron chi connectivity index (χ0n) is 11.4. The Balaban J connectivity index is 2.50. The molecule has 0 fully saturated rings. The van der Waals surface area contributed by atoms with Crippen LogP contribution in [0.5, 0.6) is 0 Å². The van der Waals surface area contributed by atoms with Crippen LogP contribution in [0.25, 0.3) is 11.2 Å². The van der Waals surface area contributed by atoms with E-state index in [9.17, 15) is 0 Å². The maximum atomic E-state index is 6.01. The zero-order chi connectivity index (χ0) is 13.3. The van der Waals surface area contributed by atoms with Gasteiger partial charge in [0.05, 0.1) is 5.88 Å². The van der Waals surface area contributed by atoms with Gasteiger partial charge in [-0.05, 0) is 30.4 Å². The third-order valence-corrected chi connectivity index (χ3v) is 3.88. The summed E-state index contributed by atoms with van der Waals surface area (Å²) < 4.78 is 2.17. The quantitative estimate of drug-likeness (QED) is 0.788. The molecule has 0 aliphatic heterocycles. The van der Waals surface area contributed by atoms with Gasteiger partial charge in [0.25, 0.3) is 0 Å². The van der Waals surface area contributed by atoms with E-state index in [1.165, 1.54) is 0 Å². The Bertz CT molecular complexity index is 545. The summed E-state index contributed by atoms with van der Waals surface area (Å²) in [6.07, 6.45) is 1.84. The fourth-order valence-electron chi connectivity index (χ4n) is 1.98. The molecule has 0 aliphatic carbocycles. The fraction of sp³-hybridized carbons (Fsp3) is 0.571. The van der Waals surface area contributed by atoms with Gasteiger partial charge in [-0.3, -0.25) is 0 Å². The molecular formula is C14H20ClN3. The number of fused-ring (bicyclic) bond motifs is 1. The number of hydrogen-bond donors (Lipinski definition) is 0. The summed E-state index contributed by atoms with van der Waals surface area (Å²) in [5.41, 5.74) is 3.09. The lowest BCUT2D eigenvalue weighted by molar-refractivity contribution is 0.365. The van der Waals surface area contributed by atoms with Gasteiger partial charge in [0.2, 0.25) is 0 Å². The first-order valence-electron chi connectivity index (χ1n) is 6.41. The molecule has 98 valence electrons. The molecule has 18 heavy (non-hydrogen) atoms. The molecule has 0 aliphatic rings. The molecule has 1 unspecified atom stereocenters. The molecule has 0 bridgehead atoms. The third-order valence-electron chi connectivity index (χ3n) is 3.64. The Morgan fingerprint density at radius 1 is 1.33 bits per heavy atom. The first-order valence-corrected chi connectivity index (χ1v) is 6.94. The van der Waals surface area contributed by atoms with Crippen LogP contribution in [0.1, 0.15) is 32.2 Å². The topological polar surface area (TPSA) is 30.7 Å². The Morgan fingerprint density at radius 2 is 2.06 bits per heavy atom. The van der Waals surface area contributed by atoms with Crippen molar-refractivity contribution in [3.05, 3.63) is 23.7 Å². The van der Waals surface area contributed by atoms with Crippen LogP contribution < -0.4 is 0 Å². The van der Waals surface area contributed by atoms with E-state index in [2.05, 4.69) is 42.2 Å². The number of hydrogen-bond acceptors (Lipinski definition) is 2. The summed E-state index contributed by atoms with van der Waals surface area (Å²) in [6.45, 7) is 9.72. The Labute approximate surface area is 113 Å². The van der Waals surface area contributed by atoms with E-state index in [4.69, 9.17) is 11.6 Å². The fourth-order valence-corrected chi connectivity index (χ4v) is 2.18. The minimum atomic E-state index is 0.431. The molecule has 2 rings (SSSR count). The van der Waals surface area contributed by atoms with Crippen molar-refractivity contribution in [2.24, 2.45) is 11.8 Å². The van der Waals surface area contributed by atoms with Crippen molar-refractivity contribution in [2.75, 3.05) is 0 Å². The lowest BCUT2D eigenvalue weighted by Gasteiger charge is -2.17. The van der Waals surface area contributed by atoms with E-state index in [-0.39, 0.29) is 0 Å². The van der Waals surface area contributed by atoms with E-state index in [0.717, 1.165) is 29.1 Å². The van der Waals surface area contributed by atoms with Gasteiger partial charge in [0.15, 0.2) is 5.65 Å². The maximum Gasteiger partial charge on any atom is 0.160 e. The summed E-state index contributed by atoms with van der Waals surface area (Å²) in [6, 6.07) is 1.99. The summed E-state index contributed by atoms with van der Waals surface area (Å²) in [7, 11) is 0. The molecule has 0 saturated carbocycles. The van der Waals surface area contributed by atoms with Crippen LogP contribution in [0, 0.1) is 18.8 Å². The second kappa shape index (κ2) is 5.27. The SMILES string of the molecule is Cc1ccnc2c1nc(CCl)n2CC(C)C(C)C. The zero-order valence-corrected chi connectivity index (χ0v) is 12.2. The van der Waals surface area contributed by atoms with E-state index in [1.54, 1.807) is 0 Å². The van der Waals surface area contributed by atoms with Gasteiger partial charge in [-0.2, -0.15) is 0 Å². The smallest absolute Gasteiger partial charge is 0.160 e. The lowest BCUT2D eigenvalue weighted by atomic mass is 9.98. The van der Waals surface area contributed by atoms with E-state index in [0.29, 0.717) is 17.7 Å². The molecule has 3 nitrogen and oxygen atoms in total. The second-order valence-electron chi connectivity index (χ2n) is 5.29. The van der Waals surface area contributed by atoms with Crippen LogP contribution in [0.4, 0.5) is 0 Å². The van der Waals surface area contributed by atoms with Gasteiger partial charge >= 0.3 is 0 Å². The minimum Gasteiger partial charge on any atom is -0.311 e. The van der Waals surface area contributed by atoms with Gasteiger partial charge in [0, 0.05) is 12.7 Å². The minimum absolute atomic E-state index is 0.431. The molecule has 2 aromatic heterocycles. The van der Waals surface area contributed by atoms with Crippen molar-refractivity contribution >= 4 is 22.8 Å². The molecular weight excluding hydrogens is 246 g/mol. The van der Waals surface area contributed by atoms with Crippen LogP contribution in [-0.2, 0) is 12.4 Å². The van der Waals surface area contributed by atoms with Crippen LogP contribution >= 0.6 is 11.6 Å². The Morgan fingerprint density at radius 3 is 2.67 bits per heavy atom. The number of halogens is 1. The largest absolute Gasteiger partial charge is 0.311 e. The maximum absolute atomic E-state index is 6.01. The summed E-state index contributed by atoms with van der Waals surface area (Å²) >= 11 is 6.01. The first-order chi connectivity index (χ1) is 8.54. The summed E-state index contributed by atoms with van der Waals surface area (Å²) in [5.74, 6) is 2.56. The van der Waals surface area contributed by atoms with Gasteiger partial charge in [-0.15, -0.1) is 11.6 Å². The van der Waals surface area contributed by atoms with Crippen LogP contribution in [0.2, 0.25) is 0 Å². The number of imidazole rings is 1. The molecule has 0 amide bonds. The average Bonchev–Trinajstić information content (AvgIpc) is 2.69. The van der Waals surface area contributed by atoms with Crippen molar-refractivity contribution < 1.29 is 0 Å². The second-order valence-corrected chi connectivity index (χ2v) is 5.56. The van der Waals surface area contributed by atoms with Crippen LogP contribution in [-0.4, -0.2) is 14.5 Å². The molecule has 0 aromatic carbocycles. The predicted octanol–water partition coefficient (Wildman–Crippen LogP) is 3.77. The van der Waals surface area contributed by atoms with E-state index < -0.39 is 0 Å². The van der Waals surface area contributed by atoms with Crippen molar-refractivity contribution in [3.63, 3.8) is 0 Å². The molecule has 0 radical (unpaired) electrons. The number of nitrogens with zero attached hydrogens (tertiary/aromatic N) is 3. The van der Waals surface area contributed by atoms with Gasteiger partial charge < -0.3 is 4.57 Å². The molecule has 2 aromatic rings. The molecule has 2 heterocycles. The van der Waals surface area contributed by atoms with Crippen LogP contribution in [0.3, 0.4) is 0 Å². The van der Waals surface area contributed by atoms with Crippen molar-refractivity contribution in [1.82, 2.24) is 14.5 Å². The number of aromatic nitrogens is 3. The number of aryl methyl sites for hydroxylation is 1. The van der Waals surface area contributed by atoms with Gasteiger partial charge in [0.1, 0.15) is 11.3 Å². The molecule has 4 heteroatoms. The number of alkyl halides is 1.